The number of rotatable bonds is 82. The Morgan fingerprint density at radius 1 is 0.282 bits per heavy atom. The average Bonchev–Trinajstić information content (AvgIpc) is 0.959. The number of carbonyl (C=O) groups excluding carboxylic acids is 4. The lowest BCUT2D eigenvalue weighted by molar-refractivity contribution is -0.161. The fourth-order valence-corrected chi connectivity index (χ4v) is 14.6. The second-order valence-corrected chi connectivity index (χ2v) is 34.3. The lowest BCUT2D eigenvalue weighted by Gasteiger charge is -2.21. The minimum Gasteiger partial charge on any atom is -0.462 e. The van der Waals surface area contributed by atoms with E-state index < -0.39 is 97.5 Å². The van der Waals surface area contributed by atoms with E-state index in [-0.39, 0.29) is 25.7 Å². The molecule has 17 nitrogen and oxygen atoms in total. The molecule has 103 heavy (non-hydrogen) atoms. The maximum Gasteiger partial charge on any atom is 0.472 e. The number of unbranched alkanes of at least 4 members (excludes halogenated alkanes) is 49. The first-order valence-electron chi connectivity index (χ1n) is 43.4. The van der Waals surface area contributed by atoms with Gasteiger partial charge in [0.25, 0.3) is 0 Å². The molecule has 0 amide bonds. The first kappa shape index (κ1) is 101. The molecule has 0 aliphatic rings. The maximum atomic E-state index is 13.1. The summed E-state index contributed by atoms with van der Waals surface area (Å²) in [7, 11) is -9.92. The van der Waals surface area contributed by atoms with Crippen molar-refractivity contribution < 1.29 is 80.2 Å². The molecule has 0 aliphatic heterocycles. The van der Waals surface area contributed by atoms with E-state index in [4.69, 9.17) is 37.0 Å². The van der Waals surface area contributed by atoms with Crippen LogP contribution in [0.4, 0.5) is 0 Å². The van der Waals surface area contributed by atoms with E-state index in [1.165, 1.54) is 250 Å². The van der Waals surface area contributed by atoms with E-state index >= 15 is 0 Å². The smallest absolute Gasteiger partial charge is 0.462 e. The lowest BCUT2D eigenvalue weighted by atomic mass is 9.99. The van der Waals surface area contributed by atoms with Crippen molar-refractivity contribution in [1.82, 2.24) is 0 Å². The highest BCUT2D eigenvalue weighted by Gasteiger charge is 2.30. The Hall–Kier alpha value is -1.94. The van der Waals surface area contributed by atoms with Gasteiger partial charge in [-0.2, -0.15) is 0 Å². The van der Waals surface area contributed by atoms with Gasteiger partial charge >= 0.3 is 39.5 Å². The van der Waals surface area contributed by atoms with Crippen LogP contribution in [0.1, 0.15) is 440 Å². The van der Waals surface area contributed by atoms with Crippen molar-refractivity contribution >= 4 is 39.5 Å². The third-order valence-electron chi connectivity index (χ3n) is 20.0. The van der Waals surface area contributed by atoms with Crippen LogP contribution in [0.3, 0.4) is 0 Å². The van der Waals surface area contributed by atoms with Crippen LogP contribution >= 0.6 is 15.6 Å². The van der Waals surface area contributed by atoms with Crippen molar-refractivity contribution in [2.75, 3.05) is 39.6 Å². The van der Waals surface area contributed by atoms with E-state index in [1.807, 2.05) is 0 Å². The van der Waals surface area contributed by atoms with Crippen molar-refractivity contribution in [3.8, 4) is 0 Å². The highest BCUT2D eigenvalue weighted by atomic mass is 31.2. The van der Waals surface area contributed by atoms with Gasteiger partial charge in [-0.15, -0.1) is 0 Å². The quantitative estimate of drug-likeness (QED) is 0.0222. The molecule has 19 heteroatoms. The van der Waals surface area contributed by atoms with Crippen molar-refractivity contribution in [1.29, 1.82) is 0 Å². The standard InChI is InChI=1S/C84H164O17P2/c1-8-10-11-12-13-14-15-16-17-20-24-27-30-37-44-51-58-65-81(86)94-71-79(100-83(88)67-60-53-46-38-31-28-25-22-19-18-21-23-26-29-36-43-50-57-64-77(7)9-2)73-98-102(90,91)96-69-78(85)70-97-103(92,93)99-74-80(101-84(89)68-61-54-47-40-33-35-42-49-56-63-76(5)6)72-95-82(87)66-59-52-45-39-32-34-41-48-55-62-75(3)4/h75-80,85H,8-74H2,1-7H3,(H,90,91)(H,92,93)/t77?,78-,79-,80-/m1/s1. The fraction of sp³-hybridized carbons (Fsp3) is 0.952. The molecule has 0 bridgehead atoms. The second kappa shape index (κ2) is 74.2. The van der Waals surface area contributed by atoms with Crippen LogP contribution in [-0.2, 0) is 65.4 Å². The molecule has 0 rings (SSSR count). The van der Waals surface area contributed by atoms with E-state index in [2.05, 4.69) is 48.5 Å². The van der Waals surface area contributed by atoms with E-state index in [9.17, 15) is 43.2 Å². The first-order valence-corrected chi connectivity index (χ1v) is 46.4. The van der Waals surface area contributed by atoms with Gasteiger partial charge in [0.2, 0.25) is 0 Å². The van der Waals surface area contributed by atoms with Crippen LogP contribution in [0.25, 0.3) is 0 Å². The Morgan fingerprint density at radius 2 is 0.495 bits per heavy atom. The van der Waals surface area contributed by atoms with Gasteiger partial charge in [0, 0.05) is 25.7 Å². The Balaban J connectivity index is 5.23. The second-order valence-electron chi connectivity index (χ2n) is 31.4. The van der Waals surface area contributed by atoms with Gasteiger partial charge in [-0.25, -0.2) is 9.13 Å². The summed E-state index contributed by atoms with van der Waals surface area (Å²) in [6, 6.07) is 0. The number of aliphatic hydroxyl groups excluding tert-OH is 1. The SMILES string of the molecule is CCCCCCCCCCCCCCCCCCCC(=O)OC[C@H](COP(=O)(O)OC[C@@H](O)COP(=O)(O)OC[C@@H](COC(=O)CCCCCCCCCCCC(C)C)OC(=O)CCCCCCCCCCCC(C)C)OC(=O)CCCCCCCCCCCCCCCCCCCCC(C)CC. The Morgan fingerprint density at radius 3 is 0.738 bits per heavy atom. The van der Waals surface area contributed by atoms with Crippen molar-refractivity contribution in [3.05, 3.63) is 0 Å². The van der Waals surface area contributed by atoms with Gasteiger partial charge in [0.15, 0.2) is 12.2 Å². The Bertz CT molecular complexity index is 1990. The summed E-state index contributed by atoms with van der Waals surface area (Å²) in [5, 5.41) is 10.7. The minimum atomic E-state index is -4.96. The zero-order chi connectivity index (χ0) is 75.8. The summed E-state index contributed by atoms with van der Waals surface area (Å²) in [4.78, 5) is 73.1. The number of esters is 4. The molecule has 0 aromatic rings. The number of phosphoric ester groups is 2. The number of phosphoric acid groups is 2. The van der Waals surface area contributed by atoms with Gasteiger partial charge in [0.05, 0.1) is 26.4 Å². The summed E-state index contributed by atoms with van der Waals surface area (Å²) < 4.78 is 68.8. The van der Waals surface area contributed by atoms with Gasteiger partial charge in [-0.05, 0) is 43.4 Å². The first-order chi connectivity index (χ1) is 49.8. The molecule has 0 spiro atoms. The molecule has 0 heterocycles. The van der Waals surface area contributed by atoms with Gasteiger partial charge < -0.3 is 33.8 Å². The van der Waals surface area contributed by atoms with Gasteiger partial charge in [-0.3, -0.25) is 37.3 Å². The van der Waals surface area contributed by atoms with Crippen LogP contribution in [0, 0.1) is 17.8 Å². The zero-order valence-electron chi connectivity index (χ0n) is 67.8. The topological polar surface area (TPSA) is 237 Å². The molecule has 6 atom stereocenters. The molecule has 0 fully saturated rings. The summed E-state index contributed by atoms with van der Waals surface area (Å²) in [6.45, 7) is 12.0. The molecule has 0 radical (unpaired) electrons. The molecule has 612 valence electrons. The number of carbonyl (C=O) groups is 4. The lowest BCUT2D eigenvalue weighted by Crippen LogP contribution is -2.30. The van der Waals surface area contributed by atoms with E-state index in [1.54, 1.807) is 0 Å². The molecular formula is C84H164O17P2. The highest BCUT2D eigenvalue weighted by molar-refractivity contribution is 7.47. The molecular weight excluding hydrogens is 1340 g/mol. The third-order valence-corrected chi connectivity index (χ3v) is 21.9. The number of hydrogen-bond acceptors (Lipinski definition) is 15. The van der Waals surface area contributed by atoms with Crippen LogP contribution in [0.15, 0.2) is 0 Å². The summed E-state index contributed by atoms with van der Waals surface area (Å²) in [6.07, 6.45) is 63.9. The molecule has 0 aliphatic carbocycles. The monoisotopic (exact) mass is 1510 g/mol. The minimum absolute atomic E-state index is 0.105. The third kappa shape index (κ3) is 76.6. The molecule has 3 N–H and O–H groups in total. The Labute approximate surface area is 632 Å². The molecule has 0 aromatic carbocycles. The summed E-state index contributed by atoms with van der Waals surface area (Å²) in [5.74, 6) is 0.243. The normalized spacial score (nSPS) is 14.2. The van der Waals surface area contributed by atoms with E-state index in [0.29, 0.717) is 25.7 Å². The molecule has 0 saturated carbocycles. The van der Waals surface area contributed by atoms with Crippen molar-refractivity contribution in [2.24, 2.45) is 17.8 Å². The maximum absolute atomic E-state index is 13.1. The van der Waals surface area contributed by atoms with Crippen LogP contribution in [0.2, 0.25) is 0 Å². The molecule has 0 saturated heterocycles. The molecule has 3 unspecified atom stereocenters. The number of hydrogen-bond donors (Lipinski definition) is 3. The predicted molar refractivity (Wildman–Crippen MR) is 423 cm³/mol. The van der Waals surface area contributed by atoms with Gasteiger partial charge in [0.1, 0.15) is 19.3 Å². The zero-order valence-corrected chi connectivity index (χ0v) is 69.6. The van der Waals surface area contributed by atoms with Crippen molar-refractivity contribution in [3.63, 3.8) is 0 Å². The Kier molecular flexibility index (Phi) is 72.8. The van der Waals surface area contributed by atoms with Gasteiger partial charge in [-0.1, -0.05) is 389 Å². The number of ether oxygens (including phenoxy) is 4. The fourth-order valence-electron chi connectivity index (χ4n) is 13.0. The summed E-state index contributed by atoms with van der Waals surface area (Å²) in [5.41, 5.74) is 0. The summed E-state index contributed by atoms with van der Waals surface area (Å²) >= 11 is 0. The van der Waals surface area contributed by atoms with Crippen LogP contribution in [0.5, 0.6) is 0 Å². The number of aliphatic hydroxyl groups is 1. The largest absolute Gasteiger partial charge is 0.472 e. The average molecular weight is 1510 g/mol. The van der Waals surface area contributed by atoms with Crippen LogP contribution in [-0.4, -0.2) is 96.7 Å². The van der Waals surface area contributed by atoms with Crippen LogP contribution < -0.4 is 0 Å². The van der Waals surface area contributed by atoms with E-state index in [0.717, 1.165) is 108 Å². The predicted octanol–water partition coefficient (Wildman–Crippen LogP) is 25.3. The van der Waals surface area contributed by atoms with Crippen molar-refractivity contribution in [2.45, 2.75) is 458 Å². The highest BCUT2D eigenvalue weighted by Crippen LogP contribution is 2.45. The molecule has 0 aromatic heterocycles.